The van der Waals surface area contributed by atoms with Crippen molar-refractivity contribution in [3.05, 3.63) is 58.9 Å². The van der Waals surface area contributed by atoms with Crippen molar-refractivity contribution in [1.82, 2.24) is 24.9 Å². The number of nitrogens with zero attached hydrogens (tertiary/aromatic N) is 5. The maximum absolute atomic E-state index is 10.5. The number of aromatic nitrogens is 5. The molecular formula is C20H16N6OS. The Kier molecular flexibility index (Phi) is 4.69. The molecule has 0 saturated carbocycles. The minimum Gasteiger partial charge on any atom is -0.382 e. The average Bonchev–Trinajstić information content (AvgIpc) is 3.19. The molecular weight excluding hydrogens is 372 g/mol. The number of nitrogen functional groups attached to an aromatic ring is 1. The molecule has 0 saturated heterocycles. The van der Waals surface area contributed by atoms with E-state index in [4.69, 9.17) is 5.73 Å². The van der Waals surface area contributed by atoms with Crippen LogP contribution in [0.4, 0.5) is 5.82 Å². The topological polar surface area (TPSA) is 111 Å². The number of nitrogens with two attached hydrogens (primary N) is 1. The van der Waals surface area contributed by atoms with Crippen LogP contribution in [0, 0.1) is 11.8 Å². The van der Waals surface area contributed by atoms with Gasteiger partial charge in [-0.05, 0) is 19.1 Å². The molecule has 8 heteroatoms. The number of hydrogen-bond acceptors (Lipinski definition) is 8. The second kappa shape index (κ2) is 7.31. The van der Waals surface area contributed by atoms with Crippen LogP contribution >= 0.6 is 11.3 Å². The van der Waals surface area contributed by atoms with E-state index in [2.05, 4.69) is 36.8 Å². The first-order valence-electron chi connectivity index (χ1n) is 8.48. The molecule has 0 aliphatic carbocycles. The van der Waals surface area contributed by atoms with Crippen LogP contribution in [0.25, 0.3) is 22.4 Å². The molecule has 0 aliphatic heterocycles. The second-order valence-electron chi connectivity index (χ2n) is 6.39. The lowest BCUT2D eigenvalue weighted by molar-refractivity contribution is 0.122. The average molecular weight is 388 g/mol. The standard InChI is InChI=1S/C20H16N6OS/c1-20(27,10-16-22-7-8-28-16)6-5-13-3-2-4-14(9-13)19-23-11-15-17(26-19)18(21)25-12-24-15/h2-4,7-9,11-12,27H,10H2,1H3,(H2,21,24,25)/t20-/m1/s1. The molecule has 138 valence electrons. The quantitative estimate of drug-likeness (QED) is 0.519. The highest BCUT2D eigenvalue weighted by Gasteiger charge is 2.19. The summed E-state index contributed by atoms with van der Waals surface area (Å²) in [6, 6.07) is 7.50. The third kappa shape index (κ3) is 3.96. The van der Waals surface area contributed by atoms with Crippen molar-refractivity contribution in [2.24, 2.45) is 0 Å². The summed E-state index contributed by atoms with van der Waals surface area (Å²) in [5.41, 5.74) is 7.36. The molecule has 0 aliphatic rings. The Morgan fingerprint density at radius 2 is 2.11 bits per heavy atom. The Morgan fingerprint density at radius 3 is 2.93 bits per heavy atom. The van der Waals surface area contributed by atoms with Crippen molar-refractivity contribution in [3.63, 3.8) is 0 Å². The summed E-state index contributed by atoms with van der Waals surface area (Å²) >= 11 is 1.50. The fraction of sp³-hybridized carbons (Fsp3) is 0.150. The van der Waals surface area contributed by atoms with Crippen molar-refractivity contribution >= 4 is 28.2 Å². The number of anilines is 1. The lowest BCUT2D eigenvalue weighted by Crippen LogP contribution is -2.24. The van der Waals surface area contributed by atoms with Crippen LogP contribution in [-0.2, 0) is 6.42 Å². The van der Waals surface area contributed by atoms with Gasteiger partial charge >= 0.3 is 0 Å². The zero-order valence-corrected chi connectivity index (χ0v) is 15.8. The van der Waals surface area contributed by atoms with E-state index in [1.165, 1.54) is 17.7 Å². The molecule has 0 fully saturated rings. The summed E-state index contributed by atoms with van der Waals surface area (Å²) in [5, 5.41) is 13.2. The van der Waals surface area contributed by atoms with E-state index in [0.29, 0.717) is 29.1 Å². The first-order valence-corrected chi connectivity index (χ1v) is 9.36. The summed E-state index contributed by atoms with van der Waals surface area (Å²) in [6.07, 6.45) is 5.10. The number of fused-ring (bicyclic) bond motifs is 1. The molecule has 0 spiro atoms. The predicted molar refractivity (Wildman–Crippen MR) is 108 cm³/mol. The molecule has 28 heavy (non-hydrogen) atoms. The Hall–Kier alpha value is -3.41. The molecule has 4 aromatic rings. The molecule has 1 atom stereocenters. The molecule has 0 unspecified atom stereocenters. The maximum atomic E-state index is 10.5. The Balaban J connectivity index is 1.63. The Labute approximate surface area is 165 Å². The lowest BCUT2D eigenvalue weighted by Gasteiger charge is -2.14. The van der Waals surface area contributed by atoms with Crippen molar-refractivity contribution in [3.8, 4) is 23.2 Å². The third-order valence-corrected chi connectivity index (χ3v) is 4.76. The number of benzene rings is 1. The summed E-state index contributed by atoms with van der Waals surface area (Å²) in [5.74, 6) is 6.77. The van der Waals surface area contributed by atoms with Gasteiger partial charge in [-0.15, -0.1) is 11.3 Å². The first kappa shape index (κ1) is 18.0. The van der Waals surface area contributed by atoms with Crippen LogP contribution in [0.3, 0.4) is 0 Å². The minimum absolute atomic E-state index is 0.308. The van der Waals surface area contributed by atoms with Gasteiger partial charge < -0.3 is 10.8 Å². The van der Waals surface area contributed by atoms with Gasteiger partial charge in [0.05, 0.1) is 11.2 Å². The van der Waals surface area contributed by atoms with E-state index in [0.717, 1.165) is 16.1 Å². The summed E-state index contributed by atoms with van der Waals surface area (Å²) in [6.45, 7) is 1.68. The second-order valence-corrected chi connectivity index (χ2v) is 7.37. The summed E-state index contributed by atoms with van der Waals surface area (Å²) < 4.78 is 0. The fourth-order valence-corrected chi connectivity index (χ4v) is 3.40. The van der Waals surface area contributed by atoms with Gasteiger partial charge in [-0.2, -0.15) is 0 Å². The largest absolute Gasteiger partial charge is 0.382 e. The highest BCUT2D eigenvalue weighted by atomic mass is 32.1. The minimum atomic E-state index is -1.17. The number of aliphatic hydroxyl groups is 1. The monoisotopic (exact) mass is 388 g/mol. The van der Waals surface area contributed by atoms with Crippen molar-refractivity contribution in [1.29, 1.82) is 0 Å². The summed E-state index contributed by atoms with van der Waals surface area (Å²) in [4.78, 5) is 21.1. The predicted octanol–water partition coefficient (Wildman–Crippen LogP) is 2.47. The van der Waals surface area contributed by atoms with E-state index >= 15 is 0 Å². The molecule has 3 heterocycles. The molecule has 4 rings (SSSR count). The van der Waals surface area contributed by atoms with Crippen LogP contribution in [0.15, 0.2) is 48.4 Å². The molecule has 3 N–H and O–H groups in total. The van der Waals surface area contributed by atoms with Crippen molar-refractivity contribution in [2.75, 3.05) is 5.73 Å². The van der Waals surface area contributed by atoms with E-state index in [-0.39, 0.29) is 0 Å². The zero-order chi connectivity index (χ0) is 19.6. The van der Waals surface area contributed by atoms with Gasteiger partial charge in [0.15, 0.2) is 11.6 Å². The number of thiazole rings is 1. The van der Waals surface area contributed by atoms with Gasteiger partial charge in [0.2, 0.25) is 0 Å². The lowest BCUT2D eigenvalue weighted by atomic mass is 10.0. The zero-order valence-electron chi connectivity index (χ0n) is 15.0. The Bertz CT molecular complexity index is 1190. The van der Waals surface area contributed by atoms with Gasteiger partial charge in [-0.1, -0.05) is 24.0 Å². The van der Waals surface area contributed by atoms with Crippen LogP contribution in [0.1, 0.15) is 17.5 Å². The van der Waals surface area contributed by atoms with Crippen LogP contribution in [-0.4, -0.2) is 35.6 Å². The van der Waals surface area contributed by atoms with Crippen molar-refractivity contribution < 1.29 is 5.11 Å². The van der Waals surface area contributed by atoms with Gasteiger partial charge in [0, 0.05) is 29.1 Å². The normalized spacial score (nSPS) is 12.9. The molecule has 0 radical (unpaired) electrons. The van der Waals surface area contributed by atoms with E-state index in [1.54, 1.807) is 19.3 Å². The first-order chi connectivity index (χ1) is 13.5. The van der Waals surface area contributed by atoms with Gasteiger partial charge in [-0.25, -0.2) is 24.9 Å². The smallest absolute Gasteiger partial charge is 0.160 e. The maximum Gasteiger partial charge on any atom is 0.160 e. The molecule has 7 nitrogen and oxygen atoms in total. The van der Waals surface area contributed by atoms with Gasteiger partial charge in [0.1, 0.15) is 23.0 Å². The van der Waals surface area contributed by atoms with Crippen molar-refractivity contribution in [2.45, 2.75) is 18.9 Å². The fourth-order valence-electron chi connectivity index (χ4n) is 2.63. The van der Waals surface area contributed by atoms with Crippen LogP contribution in [0.5, 0.6) is 0 Å². The number of hydrogen-bond donors (Lipinski definition) is 2. The highest BCUT2D eigenvalue weighted by Crippen LogP contribution is 2.21. The van der Waals surface area contributed by atoms with E-state index < -0.39 is 5.60 Å². The highest BCUT2D eigenvalue weighted by molar-refractivity contribution is 7.09. The van der Waals surface area contributed by atoms with Gasteiger partial charge in [0.25, 0.3) is 0 Å². The number of rotatable bonds is 3. The third-order valence-electron chi connectivity index (χ3n) is 3.98. The molecule has 0 bridgehead atoms. The van der Waals surface area contributed by atoms with E-state index in [9.17, 15) is 5.11 Å². The molecule has 1 aromatic carbocycles. The molecule has 0 amide bonds. The molecule has 3 aromatic heterocycles. The van der Waals surface area contributed by atoms with Crippen LogP contribution < -0.4 is 5.73 Å². The van der Waals surface area contributed by atoms with Crippen LogP contribution in [0.2, 0.25) is 0 Å². The SMILES string of the molecule is C[C@@](O)(C#Cc1cccc(-c2ncc3ncnc(N)c3n2)c1)Cc1nccs1. The van der Waals surface area contributed by atoms with Gasteiger partial charge in [-0.3, -0.25) is 0 Å². The summed E-state index contributed by atoms with van der Waals surface area (Å²) in [7, 11) is 0. The Morgan fingerprint density at radius 1 is 1.21 bits per heavy atom. The van der Waals surface area contributed by atoms with E-state index in [1.807, 2.05) is 29.6 Å².